The van der Waals surface area contributed by atoms with E-state index >= 15 is 0 Å². The molecule has 3 rings (SSSR count). The van der Waals surface area contributed by atoms with E-state index in [1.807, 2.05) is 0 Å². The molecular formula is C17H13F2NO3. The van der Waals surface area contributed by atoms with Gasteiger partial charge in [0.25, 0.3) is 11.8 Å². The third-order valence-corrected chi connectivity index (χ3v) is 3.88. The lowest BCUT2D eigenvalue weighted by Crippen LogP contribution is -2.34. The Kier molecular flexibility index (Phi) is 3.69. The van der Waals surface area contributed by atoms with Crippen LogP contribution in [0.5, 0.6) is 0 Å². The SMILES string of the molecule is Cc1cc(F)ccc1C(O)CN1C(=O)c2ccc(F)cc2C1=O. The van der Waals surface area contributed by atoms with E-state index in [0.29, 0.717) is 11.1 Å². The number of benzene rings is 2. The number of nitrogens with zero attached hydrogens (tertiary/aromatic N) is 1. The topological polar surface area (TPSA) is 57.6 Å². The Balaban J connectivity index is 1.86. The van der Waals surface area contributed by atoms with Crippen LogP contribution in [-0.2, 0) is 0 Å². The van der Waals surface area contributed by atoms with Crippen molar-refractivity contribution >= 4 is 11.8 Å². The first-order valence-electron chi connectivity index (χ1n) is 6.98. The third kappa shape index (κ3) is 2.61. The first-order chi connectivity index (χ1) is 10.9. The molecule has 0 spiro atoms. The zero-order chi connectivity index (χ0) is 16.7. The molecule has 0 radical (unpaired) electrons. The number of halogens is 2. The van der Waals surface area contributed by atoms with Gasteiger partial charge in [0.15, 0.2) is 0 Å². The number of β-amino-alcohol motifs (C(OH)–C–C–N with tert-alkyl or cyclic N) is 1. The van der Waals surface area contributed by atoms with E-state index in [9.17, 15) is 23.5 Å². The van der Waals surface area contributed by atoms with Crippen LogP contribution in [0.2, 0.25) is 0 Å². The van der Waals surface area contributed by atoms with E-state index in [1.54, 1.807) is 6.92 Å². The largest absolute Gasteiger partial charge is 0.387 e. The van der Waals surface area contributed by atoms with Crippen LogP contribution in [0.25, 0.3) is 0 Å². The molecule has 1 aliphatic heterocycles. The number of aliphatic hydroxyl groups is 1. The highest BCUT2D eigenvalue weighted by Crippen LogP contribution is 2.27. The Morgan fingerprint density at radius 2 is 1.61 bits per heavy atom. The van der Waals surface area contributed by atoms with E-state index in [0.717, 1.165) is 17.0 Å². The monoisotopic (exact) mass is 317 g/mol. The van der Waals surface area contributed by atoms with E-state index < -0.39 is 29.6 Å². The Bertz CT molecular complexity index is 819. The summed E-state index contributed by atoms with van der Waals surface area (Å²) in [6, 6.07) is 7.23. The van der Waals surface area contributed by atoms with Crippen molar-refractivity contribution in [3.63, 3.8) is 0 Å². The minimum Gasteiger partial charge on any atom is -0.387 e. The molecular weight excluding hydrogens is 304 g/mol. The standard InChI is InChI=1S/C17H13F2NO3/c1-9-6-10(18)2-4-12(9)15(21)8-20-16(22)13-5-3-11(19)7-14(13)17(20)23/h2-7,15,21H,8H2,1H3. The first kappa shape index (κ1) is 15.3. The lowest BCUT2D eigenvalue weighted by molar-refractivity contribution is 0.0542. The molecule has 0 aliphatic carbocycles. The number of carbonyl (C=O) groups excluding carboxylic acids is 2. The summed E-state index contributed by atoms with van der Waals surface area (Å²) in [5, 5.41) is 10.3. The molecule has 23 heavy (non-hydrogen) atoms. The lowest BCUT2D eigenvalue weighted by atomic mass is 10.0. The number of aliphatic hydroxyl groups excluding tert-OH is 1. The molecule has 0 aromatic heterocycles. The zero-order valence-corrected chi connectivity index (χ0v) is 12.2. The molecule has 0 bridgehead atoms. The molecule has 1 heterocycles. The molecule has 1 unspecified atom stereocenters. The summed E-state index contributed by atoms with van der Waals surface area (Å²) in [5.41, 5.74) is 1.03. The highest BCUT2D eigenvalue weighted by Gasteiger charge is 2.37. The Hall–Kier alpha value is -2.60. The number of amides is 2. The van der Waals surface area contributed by atoms with E-state index in [-0.39, 0.29) is 17.7 Å². The van der Waals surface area contributed by atoms with Crippen LogP contribution < -0.4 is 0 Å². The molecule has 6 heteroatoms. The summed E-state index contributed by atoms with van der Waals surface area (Å²) in [5.74, 6) is -2.27. The number of fused-ring (bicyclic) bond motifs is 1. The molecule has 2 aromatic rings. The fourth-order valence-corrected chi connectivity index (χ4v) is 2.71. The summed E-state index contributed by atoms with van der Waals surface area (Å²) in [7, 11) is 0. The third-order valence-electron chi connectivity index (χ3n) is 3.88. The fourth-order valence-electron chi connectivity index (χ4n) is 2.71. The minimum absolute atomic E-state index is 0.0157. The van der Waals surface area contributed by atoms with E-state index in [1.165, 1.54) is 24.3 Å². The average molecular weight is 317 g/mol. The Morgan fingerprint density at radius 3 is 2.30 bits per heavy atom. The van der Waals surface area contributed by atoms with Gasteiger partial charge in [-0.2, -0.15) is 0 Å². The van der Waals surface area contributed by atoms with Gasteiger partial charge < -0.3 is 5.11 Å². The molecule has 0 saturated carbocycles. The number of hydrogen-bond acceptors (Lipinski definition) is 3. The number of aryl methyl sites for hydroxylation is 1. The van der Waals surface area contributed by atoms with Crippen molar-refractivity contribution in [1.82, 2.24) is 4.90 Å². The maximum Gasteiger partial charge on any atom is 0.261 e. The molecule has 1 N–H and O–H groups in total. The van der Waals surface area contributed by atoms with Gasteiger partial charge in [0.05, 0.1) is 23.8 Å². The predicted molar refractivity (Wildman–Crippen MR) is 77.9 cm³/mol. The second-order valence-electron chi connectivity index (χ2n) is 5.43. The van der Waals surface area contributed by atoms with Crippen LogP contribution >= 0.6 is 0 Å². The second kappa shape index (κ2) is 5.55. The van der Waals surface area contributed by atoms with E-state index in [2.05, 4.69) is 0 Å². The van der Waals surface area contributed by atoms with Crippen molar-refractivity contribution in [1.29, 1.82) is 0 Å². The summed E-state index contributed by atoms with van der Waals surface area (Å²) in [6.45, 7) is 1.35. The predicted octanol–water partition coefficient (Wildman–Crippen LogP) is 2.60. The molecule has 2 aromatic carbocycles. The Morgan fingerprint density at radius 1 is 1.00 bits per heavy atom. The number of imide groups is 1. The fraction of sp³-hybridized carbons (Fsp3) is 0.176. The lowest BCUT2D eigenvalue weighted by Gasteiger charge is -2.20. The van der Waals surface area contributed by atoms with Crippen molar-refractivity contribution in [2.24, 2.45) is 0 Å². The van der Waals surface area contributed by atoms with Crippen molar-refractivity contribution in [3.8, 4) is 0 Å². The van der Waals surface area contributed by atoms with Gasteiger partial charge >= 0.3 is 0 Å². The molecule has 4 nitrogen and oxygen atoms in total. The highest BCUT2D eigenvalue weighted by molar-refractivity contribution is 6.21. The average Bonchev–Trinajstić information content (AvgIpc) is 2.72. The maximum absolute atomic E-state index is 13.2. The van der Waals surface area contributed by atoms with Crippen LogP contribution in [0.1, 0.15) is 37.9 Å². The van der Waals surface area contributed by atoms with Crippen molar-refractivity contribution in [2.75, 3.05) is 6.54 Å². The van der Waals surface area contributed by atoms with E-state index in [4.69, 9.17) is 0 Å². The van der Waals surface area contributed by atoms with Gasteiger partial charge in [0.1, 0.15) is 11.6 Å². The molecule has 1 atom stereocenters. The van der Waals surface area contributed by atoms with Crippen LogP contribution in [-0.4, -0.2) is 28.4 Å². The van der Waals surface area contributed by atoms with Crippen molar-refractivity contribution in [2.45, 2.75) is 13.0 Å². The van der Waals surface area contributed by atoms with Gasteiger partial charge in [-0.3, -0.25) is 14.5 Å². The van der Waals surface area contributed by atoms with Gasteiger partial charge in [0.2, 0.25) is 0 Å². The van der Waals surface area contributed by atoms with Crippen LogP contribution in [0, 0.1) is 18.6 Å². The molecule has 118 valence electrons. The quantitative estimate of drug-likeness (QED) is 0.885. The van der Waals surface area contributed by atoms with Crippen LogP contribution in [0.4, 0.5) is 8.78 Å². The van der Waals surface area contributed by atoms with Gasteiger partial charge in [-0.15, -0.1) is 0 Å². The molecule has 1 aliphatic rings. The highest BCUT2D eigenvalue weighted by atomic mass is 19.1. The summed E-state index contributed by atoms with van der Waals surface area (Å²) < 4.78 is 26.4. The number of carbonyl (C=O) groups is 2. The van der Waals surface area contributed by atoms with Crippen molar-refractivity contribution in [3.05, 3.63) is 70.3 Å². The number of hydrogen-bond donors (Lipinski definition) is 1. The first-order valence-corrected chi connectivity index (χ1v) is 6.98. The number of rotatable bonds is 3. The smallest absolute Gasteiger partial charge is 0.261 e. The summed E-state index contributed by atoms with van der Waals surface area (Å²) >= 11 is 0. The molecule has 0 saturated heterocycles. The van der Waals surface area contributed by atoms with Gasteiger partial charge in [-0.05, 0) is 48.4 Å². The summed E-state index contributed by atoms with van der Waals surface area (Å²) in [4.78, 5) is 25.3. The molecule has 0 fully saturated rings. The minimum atomic E-state index is -1.15. The van der Waals surface area contributed by atoms with Crippen molar-refractivity contribution < 1.29 is 23.5 Å². The summed E-state index contributed by atoms with van der Waals surface area (Å²) in [6.07, 6.45) is -1.15. The normalized spacial score (nSPS) is 15.0. The zero-order valence-electron chi connectivity index (χ0n) is 12.2. The second-order valence-corrected chi connectivity index (χ2v) is 5.43. The van der Waals surface area contributed by atoms with Crippen LogP contribution in [0.15, 0.2) is 36.4 Å². The van der Waals surface area contributed by atoms with Gasteiger partial charge in [0, 0.05) is 0 Å². The maximum atomic E-state index is 13.2. The van der Waals surface area contributed by atoms with Gasteiger partial charge in [-0.1, -0.05) is 6.07 Å². The van der Waals surface area contributed by atoms with Crippen LogP contribution in [0.3, 0.4) is 0 Å². The Labute approximate surface area is 131 Å². The van der Waals surface area contributed by atoms with Gasteiger partial charge in [-0.25, -0.2) is 8.78 Å². The molecule has 2 amide bonds.